The highest BCUT2D eigenvalue weighted by molar-refractivity contribution is 5.38. The van der Waals surface area contributed by atoms with E-state index in [2.05, 4.69) is 16.7 Å². The molecule has 0 aliphatic heterocycles. The number of rotatable bonds is 7. The molecular weight excluding hydrogens is 254 g/mol. The molecule has 4 nitrogen and oxygen atoms in total. The third-order valence-corrected chi connectivity index (χ3v) is 2.84. The molecule has 0 fully saturated rings. The predicted molar refractivity (Wildman–Crippen MR) is 79.7 cm³/mol. The van der Waals surface area contributed by atoms with E-state index in [4.69, 9.17) is 9.84 Å². The van der Waals surface area contributed by atoms with Crippen LogP contribution in [-0.4, -0.2) is 54.6 Å². The van der Waals surface area contributed by atoms with Crippen LogP contribution in [0.1, 0.15) is 18.9 Å². The minimum absolute atomic E-state index is 0.128. The average molecular weight is 277 g/mol. The molecule has 0 bridgehead atoms. The number of nitrogens with zero attached hydrogens (tertiary/aromatic N) is 1. The molecular formula is C16H23NO3. The molecule has 0 saturated heterocycles. The molecule has 0 radical (unpaired) electrons. The summed E-state index contributed by atoms with van der Waals surface area (Å²) in [7, 11) is 2.01. The summed E-state index contributed by atoms with van der Waals surface area (Å²) in [5.74, 6) is 6.25. The van der Waals surface area contributed by atoms with Gasteiger partial charge >= 0.3 is 0 Å². The fourth-order valence-corrected chi connectivity index (χ4v) is 1.61. The lowest BCUT2D eigenvalue weighted by Gasteiger charge is -2.17. The Balaban J connectivity index is 2.28. The van der Waals surface area contributed by atoms with Crippen LogP contribution in [-0.2, 0) is 0 Å². The van der Waals surface area contributed by atoms with Crippen molar-refractivity contribution in [3.05, 3.63) is 29.8 Å². The molecule has 1 unspecified atom stereocenters. The Morgan fingerprint density at radius 3 is 2.55 bits per heavy atom. The highest BCUT2D eigenvalue weighted by Gasteiger charge is 2.02. The van der Waals surface area contributed by atoms with E-state index >= 15 is 0 Å². The second-order valence-corrected chi connectivity index (χ2v) is 4.77. The Labute approximate surface area is 121 Å². The van der Waals surface area contributed by atoms with Crippen molar-refractivity contribution < 1.29 is 14.9 Å². The largest absolute Gasteiger partial charge is 0.492 e. The quantitative estimate of drug-likeness (QED) is 0.733. The second-order valence-electron chi connectivity index (χ2n) is 4.77. The van der Waals surface area contributed by atoms with Crippen molar-refractivity contribution in [1.29, 1.82) is 0 Å². The smallest absolute Gasteiger partial charge is 0.119 e. The summed E-state index contributed by atoms with van der Waals surface area (Å²) in [5.41, 5.74) is 0.862. The lowest BCUT2D eigenvalue weighted by atomic mass is 10.2. The number of benzene rings is 1. The lowest BCUT2D eigenvalue weighted by Crippen LogP contribution is -2.27. The molecule has 0 saturated carbocycles. The molecule has 1 rings (SSSR count). The van der Waals surface area contributed by atoms with E-state index in [0.29, 0.717) is 6.61 Å². The second kappa shape index (κ2) is 9.38. The SMILES string of the molecule is CC(O)CCN(C)CCOc1ccc(C#CCO)cc1. The van der Waals surface area contributed by atoms with Gasteiger partial charge in [-0.15, -0.1) is 0 Å². The molecule has 1 atom stereocenters. The number of likely N-dealkylation sites (N-methyl/N-ethyl adjacent to an activating group) is 1. The van der Waals surface area contributed by atoms with E-state index in [1.54, 1.807) is 6.92 Å². The Morgan fingerprint density at radius 2 is 1.95 bits per heavy atom. The zero-order chi connectivity index (χ0) is 14.8. The average Bonchev–Trinajstić information content (AvgIpc) is 2.44. The van der Waals surface area contributed by atoms with E-state index in [0.717, 1.165) is 30.8 Å². The van der Waals surface area contributed by atoms with E-state index in [-0.39, 0.29) is 12.7 Å². The summed E-state index contributed by atoms with van der Waals surface area (Å²) >= 11 is 0. The van der Waals surface area contributed by atoms with Gasteiger partial charge in [0.15, 0.2) is 0 Å². The van der Waals surface area contributed by atoms with Crippen LogP contribution in [0.3, 0.4) is 0 Å². The van der Waals surface area contributed by atoms with E-state index in [1.807, 2.05) is 31.3 Å². The number of hydrogen-bond donors (Lipinski definition) is 2. The zero-order valence-electron chi connectivity index (χ0n) is 12.2. The Hall–Kier alpha value is -1.54. The molecule has 0 spiro atoms. The van der Waals surface area contributed by atoms with Crippen LogP contribution in [0.5, 0.6) is 5.75 Å². The van der Waals surface area contributed by atoms with Gasteiger partial charge in [-0.3, -0.25) is 0 Å². The minimum Gasteiger partial charge on any atom is -0.492 e. The third-order valence-electron chi connectivity index (χ3n) is 2.84. The van der Waals surface area contributed by atoms with Crippen molar-refractivity contribution in [2.24, 2.45) is 0 Å². The van der Waals surface area contributed by atoms with Gasteiger partial charge in [0.05, 0.1) is 6.10 Å². The maximum Gasteiger partial charge on any atom is 0.119 e. The summed E-state index contributed by atoms with van der Waals surface area (Å²) in [4.78, 5) is 2.13. The molecule has 0 amide bonds. The summed E-state index contributed by atoms with van der Waals surface area (Å²) in [5, 5.41) is 17.8. The molecule has 20 heavy (non-hydrogen) atoms. The highest BCUT2D eigenvalue weighted by Crippen LogP contribution is 2.11. The van der Waals surface area contributed by atoms with Crippen LogP contribution in [0.15, 0.2) is 24.3 Å². The maximum absolute atomic E-state index is 9.21. The fourth-order valence-electron chi connectivity index (χ4n) is 1.61. The van der Waals surface area contributed by atoms with E-state index in [1.165, 1.54) is 0 Å². The van der Waals surface area contributed by atoms with Gasteiger partial charge in [0, 0.05) is 18.7 Å². The van der Waals surface area contributed by atoms with Gasteiger partial charge in [-0.05, 0) is 44.7 Å². The zero-order valence-corrected chi connectivity index (χ0v) is 12.2. The molecule has 0 aliphatic carbocycles. The van der Waals surface area contributed by atoms with Crippen LogP contribution in [0.4, 0.5) is 0 Å². The van der Waals surface area contributed by atoms with E-state index in [9.17, 15) is 5.11 Å². The van der Waals surface area contributed by atoms with Gasteiger partial charge in [-0.2, -0.15) is 0 Å². The Kier molecular flexibility index (Phi) is 7.74. The first-order chi connectivity index (χ1) is 9.61. The Bertz CT molecular complexity index is 431. The first-order valence-corrected chi connectivity index (χ1v) is 6.81. The normalized spacial score (nSPS) is 11.8. The molecule has 0 heterocycles. The minimum atomic E-state index is -0.258. The van der Waals surface area contributed by atoms with Gasteiger partial charge in [-0.1, -0.05) is 11.8 Å². The van der Waals surface area contributed by atoms with Crippen LogP contribution in [0.2, 0.25) is 0 Å². The lowest BCUT2D eigenvalue weighted by molar-refractivity contribution is 0.157. The monoisotopic (exact) mass is 277 g/mol. The molecule has 110 valence electrons. The molecule has 0 aromatic heterocycles. The first kappa shape index (κ1) is 16.5. The summed E-state index contributed by atoms with van der Waals surface area (Å²) in [6.45, 7) is 3.95. The highest BCUT2D eigenvalue weighted by atomic mass is 16.5. The molecule has 0 aliphatic rings. The maximum atomic E-state index is 9.21. The predicted octanol–water partition coefficient (Wildman–Crippen LogP) is 1.11. The number of ether oxygens (including phenoxy) is 1. The first-order valence-electron chi connectivity index (χ1n) is 6.81. The standard InChI is InChI=1S/C16H23NO3/c1-14(19)9-10-17(2)11-13-20-16-7-5-15(6-8-16)4-3-12-18/h5-8,14,18-19H,9-13H2,1-2H3. The van der Waals surface area contributed by atoms with Crippen molar-refractivity contribution >= 4 is 0 Å². The molecule has 1 aromatic carbocycles. The molecule has 2 N–H and O–H groups in total. The topological polar surface area (TPSA) is 52.9 Å². The molecule has 4 heteroatoms. The van der Waals surface area contributed by atoms with Crippen molar-refractivity contribution in [2.75, 3.05) is 33.4 Å². The van der Waals surface area contributed by atoms with Crippen molar-refractivity contribution in [2.45, 2.75) is 19.4 Å². The van der Waals surface area contributed by atoms with Crippen molar-refractivity contribution in [3.63, 3.8) is 0 Å². The van der Waals surface area contributed by atoms with Crippen LogP contribution in [0.25, 0.3) is 0 Å². The van der Waals surface area contributed by atoms with Crippen molar-refractivity contribution in [1.82, 2.24) is 4.90 Å². The Morgan fingerprint density at radius 1 is 1.25 bits per heavy atom. The number of hydrogen-bond acceptors (Lipinski definition) is 4. The van der Waals surface area contributed by atoms with Crippen LogP contribution in [0, 0.1) is 11.8 Å². The van der Waals surface area contributed by atoms with Crippen molar-refractivity contribution in [3.8, 4) is 17.6 Å². The summed E-state index contributed by atoms with van der Waals surface area (Å²) in [6.07, 6.45) is 0.514. The van der Waals surface area contributed by atoms with Gasteiger partial charge in [0.25, 0.3) is 0 Å². The summed E-state index contributed by atoms with van der Waals surface area (Å²) < 4.78 is 5.64. The summed E-state index contributed by atoms with van der Waals surface area (Å²) in [6, 6.07) is 7.48. The third kappa shape index (κ3) is 7.15. The number of aliphatic hydroxyl groups is 2. The van der Waals surface area contributed by atoms with Gasteiger partial charge < -0.3 is 19.8 Å². The van der Waals surface area contributed by atoms with E-state index < -0.39 is 0 Å². The van der Waals surface area contributed by atoms with Gasteiger partial charge in [-0.25, -0.2) is 0 Å². The van der Waals surface area contributed by atoms with Crippen LogP contribution >= 0.6 is 0 Å². The number of aliphatic hydroxyl groups excluding tert-OH is 2. The fraction of sp³-hybridized carbons (Fsp3) is 0.500. The van der Waals surface area contributed by atoms with Gasteiger partial charge in [0.1, 0.15) is 19.0 Å². The molecule has 1 aromatic rings. The van der Waals surface area contributed by atoms with Crippen LogP contribution < -0.4 is 4.74 Å². The van der Waals surface area contributed by atoms with Gasteiger partial charge in [0.2, 0.25) is 0 Å².